The van der Waals surface area contributed by atoms with Crippen LogP contribution in [-0.2, 0) is 0 Å². The highest BCUT2D eigenvalue weighted by molar-refractivity contribution is 5.78. The third-order valence-electron chi connectivity index (χ3n) is 3.84. The Balaban J connectivity index is 2.08. The van der Waals surface area contributed by atoms with E-state index >= 15 is 0 Å². The van der Waals surface area contributed by atoms with Gasteiger partial charge in [0.15, 0.2) is 0 Å². The van der Waals surface area contributed by atoms with Gasteiger partial charge in [-0.1, -0.05) is 25.1 Å². The Hall–Kier alpha value is -2.07. The van der Waals surface area contributed by atoms with E-state index in [-0.39, 0.29) is 6.04 Å². The standard InChI is InChI=1S/C16H19N3O/c1-10-9-19-15(16(18-3)14(10)17-2)13-8-11-6-4-5-7-12(11)20-13/h4-8,10,15,17,19H,3,9H2,1-2H3. The normalized spacial score (nSPS) is 23.1. The van der Waals surface area contributed by atoms with Crippen molar-refractivity contribution in [3.63, 3.8) is 0 Å². The third kappa shape index (κ3) is 2.02. The van der Waals surface area contributed by atoms with Crippen LogP contribution in [0, 0.1) is 5.92 Å². The first-order valence-corrected chi connectivity index (χ1v) is 6.85. The number of para-hydroxylation sites is 1. The molecule has 1 aliphatic rings. The van der Waals surface area contributed by atoms with Crippen LogP contribution in [0.5, 0.6) is 0 Å². The molecule has 2 aromatic rings. The maximum atomic E-state index is 5.96. The first kappa shape index (κ1) is 12.9. The van der Waals surface area contributed by atoms with Crippen molar-refractivity contribution in [3.05, 3.63) is 47.5 Å². The highest BCUT2D eigenvalue weighted by atomic mass is 16.3. The van der Waals surface area contributed by atoms with Crippen LogP contribution in [0.3, 0.4) is 0 Å². The molecule has 0 fully saturated rings. The summed E-state index contributed by atoms with van der Waals surface area (Å²) < 4.78 is 5.96. The molecular weight excluding hydrogens is 250 g/mol. The van der Waals surface area contributed by atoms with E-state index in [4.69, 9.17) is 4.42 Å². The van der Waals surface area contributed by atoms with Gasteiger partial charge in [0.2, 0.25) is 0 Å². The van der Waals surface area contributed by atoms with Crippen LogP contribution in [-0.4, -0.2) is 20.3 Å². The summed E-state index contributed by atoms with van der Waals surface area (Å²) in [7, 11) is 1.93. The molecule has 2 unspecified atom stereocenters. The number of furan rings is 1. The van der Waals surface area contributed by atoms with E-state index in [1.165, 1.54) is 0 Å². The number of hydrogen-bond acceptors (Lipinski definition) is 4. The van der Waals surface area contributed by atoms with Crippen LogP contribution < -0.4 is 10.6 Å². The highest BCUT2D eigenvalue weighted by Gasteiger charge is 2.29. The maximum absolute atomic E-state index is 5.96. The zero-order valence-electron chi connectivity index (χ0n) is 11.8. The summed E-state index contributed by atoms with van der Waals surface area (Å²) in [5.41, 5.74) is 2.95. The van der Waals surface area contributed by atoms with Gasteiger partial charge < -0.3 is 15.1 Å². The molecule has 0 bridgehead atoms. The van der Waals surface area contributed by atoms with Crippen molar-refractivity contribution in [3.8, 4) is 0 Å². The molecule has 104 valence electrons. The molecule has 20 heavy (non-hydrogen) atoms. The van der Waals surface area contributed by atoms with Crippen LogP contribution in [0.25, 0.3) is 11.0 Å². The van der Waals surface area contributed by atoms with Crippen LogP contribution in [0.15, 0.2) is 51.1 Å². The monoisotopic (exact) mass is 269 g/mol. The first-order chi connectivity index (χ1) is 9.74. The van der Waals surface area contributed by atoms with Crippen molar-refractivity contribution in [2.45, 2.75) is 13.0 Å². The summed E-state index contributed by atoms with van der Waals surface area (Å²) in [5, 5.41) is 7.85. The fraction of sp³-hybridized carbons (Fsp3) is 0.312. The van der Waals surface area contributed by atoms with Crippen LogP contribution in [0.4, 0.5) is 0 Å². The minimum absolute atomic E-state index is 0.0430. The molecular formula is C16H19N3O. The van der Waals surface area contributed by atoms with E-state index < -0.39 is 0 Å². The molecule has 0 radical (unpaired) electrons. The topological polar surface area (TPSA) is 49.6 Å². The first-order valence-electron chi connectivity index (χ1n) is 6.85. The molecule has 1 aromatic heterocycles. The number of rotatable bonds is 3. The quantitative estimate of drug-likeness (QED) is 0.842. The molecule has 3 rings (SSSR count). The van der Waals surface area contributed by atoms with Crippen molar-refractivity contribution in [2.24, 2.45) is 10.9 Å². The van der Waals surface area contributed by atoms with Crippen molar-refractivity contribution in [2.75, 3.05) is 13.6 Å². The third-order valence-corrected chi connectivity index (χ3v) is 3.84. The Morgan fingerprint density at radius 1 is 1.40 bits per heavy atom. The second-order valence-electron chi connectivity index (χ2n) is 5.14. The van der Waals surface area contributed by atoms with Gasteiger partial charge in [-0.15, -0.1) is 0 Å². The van der Waals surface area contributed by atoms with Gasteiger partial charge in [0.25, 0.3) is 0 Å². The fourth-order valence-corrected chi connectivity index (χ4v) is 2.83. The Morgan fingerprint density at radius 2 is 2.20 bits per heavy atom. The number of hydrogen-bond donors (Lipinski definition) is 2. The lowest BCUT2D eigenvalue weighted by molar-refractivity contribution is 0.404. The van der Waals surface area contributed by atoms with Crippen molar-refractivity contribution < 1.29 is 4.42 Å². The van der Waals surface area contributed by atoms with E-state index in [1.807, 2.05) is 25.2 Å². The molecule has 2 N–H and O–H groups in total. The second-order valence-corrected chi connectivity index (χ2v) is 5.14. The van der Waals surface area contributed by atoms with Gasteiger partial charge in [0.05, 0.1) is 5.70 Å². The predicted molar refractivity (Wildman–Crippen MR) is 81.8 cm³/mol. The molecule has 0 saturated heterocycles. The summed E-state index contributed by atoms with van der Waals surface area (Å²) in [5.74, 6) is 1.27. The minimum atomic E-state index is -0.0430. The van der Waals surface area contributed by atoms with Crippen LogP contribution >= 0.6 is 0 Å². The smallest absolute Gasteiger partial charge is 0.134 e. The summed E-state index contributed by atoms with van der Waals surface area (Å²) in [6.45, 7) is 6.77. The Morgan fingerprint density at radius 3 is 2.90 bits per heavy atom. The Labute approximate surface area is 118 Å². The van der Waals surface area contributed by atoms with Crippen LogP contribution in [0.2, 0.25) is 0 Å². The van der Waals surface area contributed by atoms with Crippen molar-refractivity contribution in [1.29, 1.82) is 0 Å². The molecule has 1 aliphatic heterocycles. The molecule has 0 amide bonds. The molecule has 4 nitrogen and oxygen atoms in total. The Bertz CT molecular complexity index is 638. The van der Waals surface area contributed by atoms with Gasteiger partial charge in [-0.2, -0.15) is 0 Å². The summed E-state index contributed by atoms with van der Waals surface area (Å²) in [6.07, 6.45) is 0. The molecule has 2 atom stereocenters. The lowest BCUT2D eigenvalue weighted by Gasteiger charge is -2.30. The number of nitrogens with zero attached hydrogens (tertiary/aromatic N) is 1. The summed E-state index contributed by atoms with van der Waals surface area (Å²) in [6, 6.07) is 10.1. The average molecular weight is 269 g/mol. The van der Waals surface area contributed by atoms with E-state index in [2.05, 4.69) is 41.4 Å². The Kier molecular flexibility index (Phi) is 3.32. The van der Waals surface area contributed by atoms with Gasteiger partial charge in [-0.3, -0.25) is 4.99 Å². The molecule has 1 aromatic carbocycles. The van der Waals surface area contributed by atoms with Crippen molar-refractivity contribution in [1.82, 2.24) is 10.6 Å². The van der Waals surface area contributed by atoms with Gasteiger partial charge in [0, 0.05) is 30.6 Å². The largest absolute Gasteiger partial charge is 0.459 e. The number of aliphatic imine (C=N–C) groups is 1. The number of nitrogens with one attached hydrogen (secondary N) is 2. The second kappa shape index (κ2) is 5.13. The van der Waals surface area contributed by atoms with E-state index in [9.17, 15) is 0 Å². The highest BCUT2D eigenvalue weighted by Crippen LogP contribution is 2.33. The average Bonchev–Trinajstić information content (AvgIpc) is 2.90. The van der Waals surface area contributed by atoms with Crippen molar-refractivity contribution >= 4 is 17.7 Å². The SMILES string of the molecule is C=NC1=C(NC)C(C)CNC1c1cc2ccccc2o1. The zero-order chi connectivity index (χ0) is 14.1. The lowest BCUT2D eigenvalue weighted by Crippen LogP contribution is -2.37. The van der Waals surface area contributed by atoms with E-state index in [1.54, 1.807) is 0 Å². The van der Waals surface area contributed by atoms with Gasteiger partial charge in [-0.25, -0.2) is 0 Å². The molecule has 0 saturated carbocycles. The van der Waals surface area contributed by atoms with E-state index in [0.717, 1.165) is 34.7 Å². The summed E-state index contributed by atoms with van der Waals surface area (Å²) in [4.78, 5) is 4.22. The van der Waals surface area contributed by atoms with Gasteiger partial charge in [0.1, 0.15) is 17.4 Å². The maximum Gasteiger partial charge on any atom is 0.134 e. The number of fused-ring (bicyclic) bond motifs is 1. The van der Waals surface area contributed by atoms with Crippen LogP contribution in [0.1, 0.15) is 18.7 Å². The number of benzene rings is 1. The van der Waals surface area contributed by atoms with E-state index in [0.29, 0.717) is 5.92 Å². The zero-order valence-corrected chi connectivity index (χ0v) is 11.8. The van der Waals surface area contributed by atoms with Gasteiger partial charge >= 0.3 is 0 Å². The fourth-order valence-electron chi connectivity index (χ4n) is 2.83. The lowest BCUT2D eigenvalue weighted by atomic mass is 9.96. The minimum Gasteiger partial charge on any atom is -0.459 e. The molecule has 2 heterocycles. The molecule has 4 heteroatoms. The molecule has 0 aliphatic carbocycles. The van der Waals surface area contributed by atoms with Gasteiger partial charge in [-0.05, 0) is 18.9 Å². The summed E-state index contributed by atoms with van der Waals surface area (Å²) >= 11 is 0. The predicted octanol–water partition coefficient (Wildman–Crippen LogP) is 2.84. The molecule has 0 spiro atoms.